The van der Waals surface area contributed by atoms with Crippen LogP contribution in [0.5, 0.6) is 0 Å². The maximum atomic E-state index is 14.0. The van der Waals surface area contributed by atoms with Crippen LogP contribution in [0.15, 0.2) is 48.5 Å². The Kier molecular flexibility index (Phi) is 4.79. The fourth-order valence-corrected chi connectivity index (χ4v) is 3.85. The second kappa shape index (κ2) is 7.39. The van der Waals surface area contributed by atoms with Gasteiger partial charge in [-0.2, -0.15) is 0 Å². The molecule has 2 aliphatic rings. The zero-order valence-corrected chi connectivity index (χ0v) is 15.1. The lowest BCUT2D eigenvalue weighted by atomic mass is 10.0. The highest BCUT2D eigenvalue weighted by atomic mass is 19.1. The quantitative estimate of drug-likeness (QED) is 0.728. The van der Waals surface area contributed by atoms with Crippen molar-refractivity contribution in [1.82, 2.24) is 4.90 Å². The number of halogens is 1. The number of fused-ring (bicyclic) bond motifs is 1. The van der Waals surface area contributed by atoms with Crippen molar-refractivity contribution in [3.8, 4) is 0 Å². The first-order valence-corrected chi connectivity index (χ1v) is 9.33. The molecule has 6 heteroatoms. The predicted octanol–water partition coefficient (Wildman–Crippen LogP) is 2.45. The van der Waals surface area contributed by atoms with Crippen molar-refractivity contribution in [3.05, 3.63) is 59.9 Å². The van der Waals surface area contributed by atoms with Crippen LogP contribution in [-0.4, -0.2) is 49.4 Å². The fraction of sp³-hybridized carbons (Fsp3) is 0.333. The summed E-state index contributed by atoms with van der Waals surface area (Å²) in [6, 6.07) is 14.4. The van der Waals surface area contributed by atoms with Crippen LogP contribution in [0.4, 0.5) is 15.8 Å². The van der Waals surface area contributed by atoms with Crippen LogP contribution in [0, 0.1) is 5.82 Å². The van der Waals surface area contributed by atoms with E-state index in [0.717, 1.165) is 24.1 Å². The van der Waals surface area contributed by atoms with Gasteiger partial charge in [0.15, 0.2) is 0 Å². The predicted molar refractivity (Wildman–Crippen MR) is 102 cm³/mol. The van der Waals surface area contributed by atoms with Gasteiger partial charge in [-0.1, -0.05) is 30.3 Å². The zero-order valence-electron chi connectivity index (χ0n) is 15.1. The third-order valence-corrected chi connectivity index (χ3v) is 5.30. The summed E-state index contributed by atoms with van der Waals surface area (Å²) in [6.07, 6.45) is 1.78. The highest BCUT2D eigenvalue weighted by Crippen LogP contribution is 2.27. The Hall–Kier alpha value is -2.89. The van der Waals surface area contributed by atoms with Crippen LogP contribution in [0.3, 0.4) is 0 Å². The van der Waals surface area contributed by atoms with Gasteiger partial charge < -0.3 is 14.7 Å². The number of benzene rings is 2. The second-order valence-corrected chi connectivity index (χ2v) is 6.92. The van der Waals surface area contributed by atoms with E-state index in [2.05, 4.69) is 0 Å². The van der Waals surface area contributed by atoms with Crippen molar-refractivity contribution in [2.75, 3.05) is 42.5 Å². The van der Waals surface area contributed by atoms with E-state index in [1.807, 2.05) is 29.2 Å². The molecule has 2 amide bonds. The van der Waals surface area contributed by atoms with E-state index < -0.39 is 11.8 Å². The molecule has 2 aliphatic heterocycles. The van der Waals surface area contributed by atoms with Crippen LogP contribution in [-0.2, 0) is 16.0 Å². The molecule has 0 aliphatic carbocycles. The minimum Gasteiger partial charge on any atom is -0.366 e. The maximum absolute atomic E-state index is 14.0. The van der Waals surface area contributed by atoms with Gasteiger partial charge in [0.2, 0.25) is 0 Å². The summed E-state index contributed by atoms with van der Waals surface area (Å²) in [5, 5.41) is 0. The monoisotopic (exact) mass is 367 g/mol. The summed E-state index contributed by atoms with van der Waals surface area (Å²) in [6.45, 7) is 2.41. The molecule has 2 aromatic rings. The first-order chi connectivity index (χ1) is 13.1. The van der Waals surface area contributed by atoms with E-state index in [-0.39, 0.29) is 5.82 Å². The number of carbonyl (C=O) groups is 2. The van der Waals surface area contributed by atoms with Gasteiger partial charge in [-0.25, -0.2) is 4.39 Å². The van der Waals surface area contributed by atoms with Gasteiger partial charge in [0.05, 0.1) is 5.69 Å². The van der Waals surface area contributed by atoms with E-state index in [9.17, 15) is 14.0 Å². The number of rotatable bonds is 1. The molecule has 0 N–H and O–H groups in total. The van der Waals surface area contributed by atoms with E-state index in [1.54, 1.807) is 28.0 Å². The smallest absolute Gasteiger partial charge is 0.316 e. The molecule has 0 bridgehead atoms. The van der Waals surface area contributed by atoms with Crippen LogP contribution in [0.2, 0.25) is 0 Å². The third-order valence-electron chi connectivity index (χ3n) is 5.30. The van der Waals surface area contributed by atoms with Crippen molar-refractivity contribution in [1.29, 1.82) is 0 Å². The highest BCUT2D eigenvalue weighted by molar-refractivity contribution is 6.40. The highest BCUT2D eigenvalue weighted by Gasteiger charge is 2.32. The van der Waals surface area contributed by atoms with Crippen molar-refractivity contribution in [2.24, 2.45) is 0 Å². The summed E-state index contributed by atoms with van der Waals surface area (Å²) < 4.78 is 14.0. The fourth-order valence-electron chi connectivity index (χ4n) is 3.85. The molecule has 5 nitrogen and oxygen atoms in total. The Morgan fingerprint density at radius 2 is 1.44 bits per heavy atom. The van der Waals surface area contributed by atoms with Crippen LogP contribution >= 0.6 is 0 Å². The summed E-state index contributed by atoms with van der Waals surface area (Å²) in [5.74, 6) is -1.21. The maximum Gasteiger partial charge on any atom is 0.316 e. The number of piperazine rings is 1. The first kappa shape index (κ1) is 17.5. The Bertz CT molecular complexity index is 862. The second-order valence-electron chi connectivity index (χ2n) is 6.92. The van der Waals surface area contributed by atoms with Crippen molar-refractivity contribution < 1.29 is 14.0 Å². The molecule has 0 unspecified atom stereocenters. The van der Waals surface area contributed by atoms with Crippen LogP contribution in [0.25, 0.3) is 0 Å². The van der Waals surface area contributed by atoms with Crippen molar-refractivity contribution in [2.45, 2.75) is 12.8 Å². The molecule has 0 aromatic heterocycles. The van der Waals surface area contributed by atoms with Gasteiger partial charge in [-0.15, -0.1) is 0 Å². The van der Waals surface area contributed by atoms with E-state index in [4.69, 9.17) is 0 Å². The molecule has 0 saturated carbocycles. The summed E-state index contributed by atoms with van der Waals surface area (Å²) in [5.41, 5.74) is 2.49. The number of nitrogens with zero attached hydrogens (tertiary/aromatic N) is 3. The first-order valence-electron chi connectivity index (χ1n) is 9.33. The van der Waals surface area contributed by atoms with Crippen LogP contribution in [0.1, 0.15) is 12.0 Å². The number of amides is 2. The number of hydrogen-bond acceptors (Lipinski definition) is 3. The average Bonchev–Trinajstić information content (AvgIpc) is 2.73. The van der Waals surface area contributed by atoms with Gasteiger partial charge in [-0.05, 0) is 36.6 Å². The normalized spacial score (nSPS) is 16.9. The number of carbonyl (C=O) groups excluding carboxylic acids is 2. The molecule has 1 fully saturated rings. The number of hydrogen-bond donors (Lipinski definition) is 0. The van der Waals surface area contributed by atoms with Crippen LogP contribution < -0.4 is 9.80 Å². The summed E-state index contributed by atoms with van der Waals surface area (Å²) >= 11 is 0. The largest absolute Gasteiger partial charge is 0.366 e. The van der Waals surface area contributed by atoms with Gasteiger partial charge >= 0.3 is 11.8 Å². The molecule has 27 heavy (non-hydrogen) atoms. The molecule has 1 saturated heterocycles. The van der Waals surface area contributed by atoms with Gasteiger partial charge in [0.1, 0.15) is 5.82 Å². The molecule has 140 valence electrons. The Balaban J connectivity index is 1.43. The summed E-state index contributed by atoms with van der Waals surface area (Å²) in [7, 11) is 0. The molecular formula is C21H22FN3O2. The minimum absolute atomic E-state index is 0.265. The van der Waals surface area contributed by atoms with E-state index in [1.165, 1.54) is 6.07 Å². The van der Waals surface area contributed by atoms with E-state index >= 15 is 0 Å². The Morgan fingerprint density at radius 1 is 0.778 bits per heavy atom. The lowest BCUT2D eigenvalue weighted by Gasteiger charge is -2.37. The van der Waals surface area contributed by atoms with Gasteiger partial charge in [0.25, 0.3) is 0 Å². The Morgan fingerprint density at radius 3 is 2.19 bits per heavy atom. The summed E-state index contributed by atoms with van der Waals surface area (Å²) in [4.78, 5) is 30.7. The van der Waals surface area contributed by atoms with Gasteiger partial charge in [-0.3, -0.25) is 9.59 Å². The zero-order chi connectivity index (χ0) is 18.8. The SMILES string of the molecule is O=C(C(=O)N1CCCc2ccccc21)N1CCN(c2ccccc2F)CC1. The molecule has 2 heterocycles. The standard InChI is InChI=1S/C21H22FN3O2/c22-17-8-2-4-10-19(17)23-12-14-24(15-13-23)20(26)21(27)25-11-5-7-16-6-1-3-9-18(16)25/h1-4,6,8-10H,5,7,11-15H2. The lowest BCUT2D eigenvalue weighted by molar-refractivity contribution is -0.144. The number of anilines is 2. The molecular weight excluding hydrogens is 345 g/mol. The van der Waals surface area contributed by atoms with Crippen molar-refractivity contribution in [3.63, 3.8) is 0 Å². The number of para-hydroxylation sites is 2. The topological polar surface area (TPSA) is 43.9 Å². The molecule has 2 aromatic carbocycles. The lowest BCUT2D eigenvalue weighted by Crippen LogP contribution is -2.54. The third kappa shape index (κ3) is 3.39. The molecule has 0 atom stereocenters. The number of aryl methyl sites for hydroxylation is 1. The van der Waals surface area contributed by atoms with E-state index in [0.29, 0.717) is 38.4 Å². The average molecular weight is 367 g/mol. The Labute approximate surface area is 158 Å². The molecule has 0 spiro atoms. The van der Waals surface area contributed by atoms with Crippen molar-refractivity contribution >= 4 is 23.2 Å². The van der Waals surface area contributed by atoms with Gasteiger partial charge in [0, 0.05) is 38.4 Å². The molecule has 0 radical (unpaired) electrons. The molecule has 4 rings (SSSR count). The minimum atomic E-state index is -0.472.